The second kappa shape index (κ2) is 6.37. The van der Waals surface area contributed by atoms with Crippen molar-refractivity contribution in [2.45, 2.75) is 33.1 Å². The van der Waals surface area contributed by atoms with Crippen LogP contribution >= 0.6 is 0 Å². The average molecular weight is 320 g/mol. The molecular formula is C20H20N2O2. The lowest BCUT2D eigenvalue weighted by Crippen LogP contribution is -2.14. The van der Waals surface area contributed by atoms with Gasteiger partial charge in [-0.1, -0.05) is 19.1 Å². The van der Waals surface area contributed by atoms with Crippen LogP contribution in [0.1, 0.15) is 41.9 Å². The number of aryl methyl sites for hydroxylation is 1. The van der Waals surface area contributed by atoms with Crippen molar-refractivity contribution in [2.75, 3.05) is 5.32 Å². The lowest BCUT2D eigenvalue weighted by Gasteiger charge is -2.09. The normalized spacial score (nSPS) is 19.7. The van der Waals surface area contributed by atoms with Crippen molar-refractivity contribution < 1.29 is 9.21 Å². The largest absolute Gasteiger partial charge is 0.461 e. The lowest BCUT2D eigenvalue weighted by molar-refractivity contribution is -0.112. The molecule has 1 aliphatic carbocycles. The summed E-state index contributed by atoms with van der Waals surface area (Å²) in [6, 6.07) is 11.4. The van der Waals surface area contributed by atoms with Gasteiger partial charge >= 0.3 is 0 Å². The molecule has 2 atom stereocenters. The number of carbonyl (C=O) groups is 1. The van der Waals surface area contributed by atoms with E-state index >= 15 is 0 Å². The number of nitrogens with zero attached hydrogens (tertiary/aromatic N) is 1. The van der Waals surface area contributed by atoms with E-state index < -0.39 is 5.91 Å². The smallest absolute Gasteiger partial charge is 0.266 e. The van der Waals surface area contributed by atoms with Crippen molar-refractivity contribution >= 4 is 17.7 Å². The Morgan fingerprint density at radius 3 is 2.75 bits per heavy atom. The van der Waals surface area contributed by atoms with E-state index in [1.54, 1.807) is 0 Å². The van der Waals surface area contributed by atoms with Crippen LogP contribution in [0, 0.1) is 31.1 Å². The summed E-state index contributed by atoms with van der Waals surface area (Å²) in [6.07, 6.45) is 2.63. The number of benzene rings is 1. The van der Waals surface area contributed by atoms with E-state index in [-0.39, 0.29) is 5.57 Å². The van der Waals surface area contributed by atoms with E-state index in [1.807, 2.05) is 50.2 Å². The number of hydrogen-bond acceptors (Lipinski definition) is 3. The van der Waals surface area contributed by atoms with E-state index in [0.717, 1.165) is 23.3 Å². The zero-order chi connectivity index (χ0) is 17.3. The molecule has 1 aliphatic rings. The minimum atomic E-state index is -0.427. The van der Waals surface area contributed by atoms with E-state index in [0.29, 0.717) is 23.3 Å². The Hall–Kier alpha value is -2.80. The highest BCUT2D eigenvalue weighted by molar-refractivity contribution is 6.09. The highest BCUT2D eigenvalue weighted by atomic mass is 16.3. The molecule has 2 aromatic rings. The summed E-state index contributed by atoms with van der Waals surface area (Å²) in [5, 5.41) is 12.1. The number of nitriles is 1. The molecule has 0 bridgehead atoms. The Morgan fingerprint density at radius 1 is 1.33 bits per heavy atom. The molecule has 0 aliphatic heterocycles. The third-order valence-electron chi connectivity index (χ3n) is 4.63. The molecule has 3 rings (SSSR count). The molecule has 0 saturated heterocycles. The quantitative estimate of drug-likeness (QED) is 0.663. The number of amides is 1. The van der Waals surface area contributed by atoms with Crippen LogP contribution in [0.4, 0.5) is 5.69 Å². The van der Waals surface area contributed by atoms with Crippen molar-refractivity contribution in [3.05, 3.63) is 58.6 Å². The van der Waals surface area contributed by atoms with Crippen molar-refractivity contribution in [1.29, 1.82) is 5.26 Å². The molecule has 4 heteroatoms. The molecule has 0 spiro atoms. The van der Waals surface area contributed by atoms with Crippen LogP contribution in [0.15, 0.2) is 40.3 Å². The van der Waals surface area contributed by atoms with Crippen LogP contribution in [0.3, 0.4) is 0 Å². The molecule has 24 heavy (non-hydrogen) atoms. The highest BCUT2D eigenvalue weighted by Gasteiger charge is 2.36. The van der Waals surface area contributed by atoms with Crippen LogP contribution in [-0.2, 0) is 4.79 Å². The first-order chi connectivity index (χ1) is 11.5. The fourth-order valence-electron chi connectivity index (χ4n) is 2.73. The van der Waals surface area contributed by atoms with E-state index in [1.165, 1.54) is 6.08 Å². The standard InChI is InChI=1S/C20H20N2O2/c1-12-5-4-6-18(14(12)3)22-20(23)15(11-21)10-16-7-8-19(24-16)17-9-13(17)2/h4-8,10,13,17H,9H2,1-3H3,(H,22,23)/b15-10+/t13-,17+/m1/s1. The molecule has 1 aromatic carbocycles. The van der Waals surface area contributed by atoms with Gasteiger partial charge in [0.15, 0.2) is 0 Å². The molecule has 1 fully saturated rings. The Kier molecular flexibility index (Phi) is 4.26. The average Bonchev–Trinajstić information content (AvgIpc) is 3.10. The van der Waals surface area contributed by atoms with Gasteiger partial charge in [-0.25, -0.2) is 0 Å². The Balaban J connectivity index is 1.78. The van der Waals surface area contributed by atoms with Crippen molar-refractivity contribution in [3.8, 4) is 6.07 Å². The number of anilines is 1. The third-order valence-corrected chi connectivity index (χ3v) is 4.63. The topological polar surface area (TPSA) is 66.0 Å². The second-order valence-electron chi connectivity index (χ2n) is 6.43. The summed E-state index contributed by atoms with van der Waals surface area (Å²) in [5.74, 6) is 2.17. The van der Waals surface area contributed by atoms with E-state index in [4.69, 9.17) is 4.42 Å². The van der Waals surface area contributed by atoms with Gasteiger partial charge in [0.05, 0.1) is 0 Å². The summed E-state index contributed by atoms with van der Waals surface area (Å²) < 4.78 is 5.75. The molecule has 4 nitrogen and oxygen atoms in total. The molecule has 0 unspecified atom stereocenters. The van der Waals surface area contributed by atoms with Crippen molar-refractivity contribution in [1.82, 2.24) is 0 Å². The van der Waals surface area contributed by atoms with Crippen molar-refractivity contribution in [2.24, 2.45) is 5.92 Å². The first kappa shape index (κ1) is 16.1. The van der Waals surface area contributed by atoms with Crippen LogP contribution in [0.2, 0.25) is 0 Å². The molecule has 122 valence electrons. The predicted octanol–water partition coefficient (Wildman–Crippen LogP) is 4.57. The number of furan rings is 1. The lowest BCUT2D eigenvalue weighted by atomic mass is 10.1. The maximum Gasteiger partial charge on any atom is 0.266 e. The molecule has 1 N–H and O–H groups in total. The zero-order valence-electron chi connectivity index (χ0n) is 14.1. The number of nitrogens with one attached hydrogen (secondary N) is 1. The maximum atomic E-state index is 12.4. The summed E-state index contributed by atoms with van der Waals surface area (Å²) in [5.41, 5.74) is 2.82. The number of hydrogen-bond donors (Lipinski definition) is 1. The summed E-state index contributed by atoms with van der Waals surface area (Å²) in [7, 11) is 0. The molecule has 0 radical (unpaired) electrons. The number of carbonyl (C=O) groups excluding carboxylic acids is 1. The van der Waals surface area contributed by atoms with Crippen LogP contribution in [0.25, 0.3) is 6.08 Å². The van der Waals surface area contributed by atoms with Gasteiger partial charge in [-0.3, -0.25) is 4.79 Å². The monoisotopic (exact) mass is 320 g/mol. The number of rotatable bonds is 4. The minimum absolute atomic E-state index is 0.0284. The van der Waals surface area contributed by atoms with Gasteiger partial charge < -0.3 is 9.73 Å². The Morgan fingerprint density at radius 2 is 2.08 bits per heavy atom. The van der Waals surface area contributed by atoms with Gasteiger partial charge in [0.25, 0.3) is 5.91 Å². The third kappa shape index (κ3) is 3.26. The van der Waals surface area contributed by atoms with E-state index in [2.05, 4.69) is 12.2 Å². The molecule has 1 heterocycles. The minimum Gasteiger partial charge on any atom is -0.461 e. The first-order valence-corrected chi connectivity index (χ1v) is 8.08. The van der Waals surface area contributed by atoms with Crippen LogP contribution in [-0.4, -0.2) is 5.91 Å². The predicted molar refractivity (Wildman–Crippen MR) is 93.4 cm³/mol. The fourth-order valence-corrected chi connectivity index (χ4v) is 2.73. The van der Waals surface area contributed by atoms with Crippen molar-refractivity contribution in [3.63, 3.8) is 0 Å². The zero-order valence-corrected chi connectivity index (χ0v) is 14.1. The fraction of sp³-hybridized carbons (Fsp3) is 0.300. The highest BCUT2D eigenvalue weighted by Crippen LogP contribution is 2.47. The molecule has 1 aromatic heterocycles. The van der Waals surface area contributed by atoms with Gasteiger partial charge in [0.2, 0.25) is 0 Å². The second-order valence-corrected chi connectivity index (χ2v) is 6.43. The summed E-state index contributed by atoms with van der Waals surface area (Å²) in [6.45, 7) is 6.10. The van der Waals surface area contributed by atoms with Gasteiger partial charge in [0, 0.05) is 17.7 Å². The van der Waals surface area contributed by atoms with Crippen LogP contribution < -0.4 is 5.32 Å². The maximum absolute atomic E-state index is 12.4. The van der Waals surface area contributed by atoms with Gasteiger partial charge in [0.1, 0.15) is 23.2 Å². The SMILES string of the molecule is Cc1cccc(NC(=O)/C(C#N)=C/c2ccc([C@H]3C[C@H]3C)o2)c1C. The van der Waals surface area contributed by atoms with Gasteiger partial charge in [-0.2, -0.15) is 5.26 Å². The van der Waals surface area contributed by atoms with Gasteiger partial charge in [-0.05, 0) is 55.5 Å². The Labute approximate surface area is 141 Å². The summed E-state index contributed by atoms with van der Waals surface area (Å²) in [4.78, 5) is 12.4. The molecule has 1 amide bonds. The first-order valence-electron chi connectivity index (χ1n) is 8.08. The van der Waals surface area contributed by atoms with E-state index in [9.17, 15) is 10.1 Å². The molecular weight excluding hydrogens is 300 g/mol. The van der Waals surface area contributed by atoms with Crippen LogP contribution in [0.5, 0.6) is 0 Å². The molecule has 1 saturated carbocycles. The Bertz CT molecular complexity index is 855. The summed E-state index contributed by atoms with van der Waals surface area (Å²) >= 11 is 0. The van der Waals surface area contributed by atoms with Gasteiger partial charge in [-0.15, -0.1) is 0 Å².